The molecule has 0 saturated heterocycles. The summed E-state index contributed by atoms with van der Waals surface area (Å²) in [5, 5.41) is 3.05. The molecule has 1 N–H and O–H groups in total. The topological polar surface area (TPSA) is 72.5 Å². The van der Waals surface area contributed by atoms with Crippen LogP contribution in [0.2, 0.25) is 0 Å². The average molecular weight is 442 g/mol. The van der Waals surface area contributed by atoms with Gasteiger partial charge in [0, 0.05) is 11.5 Å². The minimum absolute atomic E-state index is 0.0104. The summed E-state index contributed by atoms with van der Waals surface area (Å²) in [4.78, 5) is 37.3. The van der Waals surface area contributed by atoms with Crippen molar-refractivity contribution in [2.45, 2.75) is 85.1 Å². The zero-order valence-corrected chi connectivity index (χ0v) is 20.5. The number of amides is 1. The third kappa shape index (κ3) is 3.47. The Morgan fingerprint density at radius 2 is 1.81 bits per heavy atom. The van der Waals surface area contributed by atoms with Crippen LogP contribution >= 0.6 is 0 Å². The van der Waals surface area contributed by atoms with Crippen LogP contribution in [0, 0.1) is 34.5 Å². The summed E-state index contributed by atoms with van der Waals surface area (Å²) >= 11 is 0. The fourth-order valence-corrected chi connectivity index (χ4v) is 7.53. The summed E-state index contributed by atoms with van der Waals surface area (Å²) in [6, 6.07) is 0. The van der Waals surface area contributed by atoms with Crippen molar-refractivity contribution in [3.05, 3.63) is 23.3 Å². The first kappa shape index (κ1) is 23.3. The highest BCUT2D eigenvalue weighted by molar-refractivity contribution is 5.91. The molecule has 0 aliphatic heterocycles. The van der Waals surface area contributed by atoms with Crippen LogP contribution in [-0.2, 0) is 19.1 Å². The second-order valence-electron chi connectivity index (χ2n) is 11.7. The first-order valence-corrected chi connectivity index (χ1v) is 12.3. The number of carbonyl (C=O) groups excluding carboxylic acids is 3. The second-order valence-corrected chi connectivity index (χ2v) is 11.7. The highest BCUT2D eigenvalue weighted by Gasteiger charge is 2.59. The SMILES string of the molecule is COC(=O)C1=CC2=CC[C@H]3[C@@H]4CC[C@H](C(=O)NC(C)(C)C(C)=O)[C@@]4(C)CC[C@@H]3[C@@]2(C)CC1. The Morgan fingerprint density at radius 3 is 2.47 bits per heavy atom. The third-order valence-electron chi connectivity index (χ3n) is 9.85. The number of rotatable bonds is 4. The molecule has 5 nitrogen and oxygen atoms in total. The maximum atomic E-state index is 13.3. The molecule has 176 valence electrons. The van der Waals surface area contributed by atoms with Crippen molar-refractivity contribution in [2.75, 3.05) is 7.11 Å². The molecule has 4 rings (SSSR count). The van der Waals surface area contributed by atoms with Gasteiger partial charge in [-0.25, -0.2) is 4.79 Å². The number of fused-ring (bicyclic) bond motifs is 5. The van der Waals surface area contributed by atoms with Crippen molar-refractivity contribution in [1.29, 1.82) is 0 Å². The van der Waals surface area contributed by atoms with Gasteiger partial charge in [-0.1, -0.05) is 19.9 Å². The normalized spacial score (nSPS) is 38.4. The quantitative estimate of drug-likeness (QED) is 0.639. The Morgan fingerprint density at radius 1 is 1.09 bits per heavy atom. The van der Waals surface area contributed by atoms with E-state index in [9.17, 15) is 14.4 Å². The van der Waals surface area contributed by atoms with Crippen LogP contribution < -0.4 is 5.32 Å². The van der Waals surface area contributed by atoms with Gasteiger partial charge in [-0.05, 0) is 106 Å². The number of allylic oxidation sites excluding steroid dienone is 3. The molecule has 5 heteroatoms. The number of carbonyl (C=O) groups is 3. The Balaban J connectivity index is 1.57. The largest absolute Gasteiger partial charge is 0.466 e. The molecule has 4 aliphatic carbocycles. The van der Waals surface area contributed by atoms with Crippen LogP contribution in [0.1, 0.15) is 79.6 Å². The number of hydrogen-bond donors (Lipinski definition) is 1. The van der Waals surface area contributed by atoms with Crippen LogP contribution in [0.3, 0.4) is 0 Å². The van der Waals surface area contributed by atoms with E-state index in [0.717, 1.165) is 50.5 Å². The van der Waals surface area contributed by atoms with Gasteiger partial charge in [-0.2, -0.15) is 0 Å². The molecule has 4 aliphatic rings. The highest BCUT2D eigenvalue weighted by Crippen LogP contribution is 2.66. The standard InChI is InChI=1S/C27H39NO4/c1-16(29)25(2,3)28-23(30)22-10-9-20-19-8-7-18-15-17(24(31)32-6)11-13-26(18,4)21(19)12-14-27(20,22)5/h7,15,19-22H,8-14H2,1-6H3,(H,28,30)/t19-,20-,21-,22+,26-,27-/m0/s1. The summed E-state index contributed by atoms with van der Waals surface area (Å²) in [6.45, 7) is 9.85. The van der Waals surface area contributed by atoms with Crippen molar-refractivity contribution in [3.8, 4) is 0 Å². The fourth-order valence-electron chi connectivity index (χ4n) is 7.53. The monoisotopic (exact) mass is 441 g/mol. The molecule has 0 aromatic rings. The molecular formula is C27H39NO4. The maximum Gasteiger partial charge on any atom is 0.333 e. The van der Waals surface area contributed by atoms with Gasteiger partial charge < -0.3 is 10.1 Å². The first-order valence-electron chi connectivity index (χ1n) is 12.3. The molecular weight excluding hydrogens is 402 g/mol. The number of ether oxygens (including phenoxy) is 1. The summed E-state index contributed by atoms with van der Waals surface area (Å²) in [6.07, 6.45) is 11.4. The van der Waals surface area contributed by atoms with E-state index in [1.54, 1.807) is 20.8 Å². The molecule has 0 bridgehead atoms. The molecule has 2 saturated carbocycles. The number of methoxy groups -OCH3 is 1. The number of Topliss-reactive ketones (excluding diaryl/α,β-unsaturated/α-hetero) is 1. The second kappa shape index (κ2) is 7.85. The van der Waals surface area contributed by atoms with E-state index in [0.29, 0.717) is 17.8 Å². The van der Waals surface area contributed by atoms with Crippen molar-refractivity contribution >= 4 is 17.7 Å². The minimum Gasteiger partial charge on any atom is -0.466 e. The van der Waals surface area contributed by atoms with Gasteiger partial charge in [-0.3, -0.25) is 9.59 Å². The molecule has 0 spiro atoms. The van der Waals surface area contributed by atoms with Crippen LogP contribution in [0.5, 0.6) is 0 Å². The minimum atomic E-state index is -0.815. The van der Waals surface area contributed by atoms with Crippen LogP contribution in [-0.4, -0.2) is 30.3 Å². The molecule has 0 heterocycles. The van der Waals surface area contributed by atoms with Gasteiger partial charge >= 0.3 is 5.97 Å². The van der Waals surface area contributed by atoms with E-state index < -0.39 is 5.54 Å². The number of nitrogens with one attached hydrogen (secondary N) is 1. The van der Waals surface area contributed by atoms with Gasteiger partial charge in [0.15, 0.2) is 5.78 Å². The van der Waals surface area contributed by atoms with Gasteiger partial charge in [-0.15, -0.1) is 0 Å². The number of hydrogen-bond acceptors (Lipinski definition) is 4. The predicted octanol–water partition coefficient (Wildman–Crippen LogP) is 4.76. The van der Waals surface area contributed by atoms with E-state index in [4.69, 9.17) is 4.74 Å². The molecule has 0 radical (unpaired) electrons. The first-order chi connectivity index (χ1) is 14.9. The maximum absolute atomic E-state index is 13.3. The zero-order valence-electron chi connectivity index (χ0n) is 20.5. The van der Waals surface area contributed by atoms with Crippen LogP contribution in [0.25, 0.3) is 0 Å². The average Bonchev–Trinajstić information content (AvgIpc) is 3.09. The summed E-state index contributed by atoms with van der Waals surface area (Å²) in [5.41, 5.74) is 1.37. The van der Waals surface area contributed by atoms with Crippen molar-refractivity contribution in [2.24, 2.45) is 34.5 Å². The van der Waals surface area contributed by atoms with Crippen LogP contribution in [0.15, 0.2) is 23.3 Å². The van der Waals surface area contributed by atoms with Crippen molar-refractivity contribution in [1.82, 2.24) is 5.32 Å². The molecule has 2 fully saturated rings. The molecule has 32 heavy (non-hydrogen) atoms. The molecule has 0 unspecified atom stereocenters. The predicted molar refractivity (Wildman–Crippen MR) is 124 cm³/mol. The Labute approximate surface area is 192 Å². The van der Waals surface area contributed by atoms with Gasteiger partial charge in [0.05, 0.1) is 12.6 Å². The summed E-state index contributed by atoms with van der Waals surface area (Å²) in [7, 11) is 1.45. The summed E-state index contributed by atoms with van der Waals surface area (Å²) in [5.74, 6) is 1.50. The van der Waals surface area contributed by atoms with E-state index in [-0.39, 0.29) is 34.4 Å². The lowest BCUT2D eigenvalue weighted by Crippen LogP contribution is -2.55. The van der Waals surface area contributed by atoms with Crippen molar-refractivity contribution < 1.29 is 19.1 Å². The molecule has 0 aromatic carbocycles. The Bertz CT molecular complexity index is 899. The van der Waals surface area contributed by atoms with E-state index in [1.165, 1.54) is 12.7 Å². The highest BCUT2D eigenvalue weighted by atomic mass is 16.5. The van der Waals surface area contributed by atoms with E-state index in [1.807, 2.05) is 0 Å². The van der Waals surface area contributed by atoms with Gasteiger partial charge in [0.2, 0.25) is 5.91 Å². The van der Waals surface area contributed by atoms with Crippen molar-refractivity contribution in [3.63, 3.8) is 0 Å². The third-order valence-corrected chi connectivity index (χ3v) is 9.85. The van der Waals surface area contributed by atoms with Gasteiger partial charge in [0.1, 0.15) is 0 Å². The number of esters is 1. The van der Waals surface area contributed by atoms with Gasteiger partial charge in [0.25, 0.3) is 0 Å². The lowest BCUT2D eigenvalue weighted by Gasteiger charge is -2.57. The van der Waals surface area contributed by atoms with E-state index in [2.05, 4.69) is 31.3 Å². The fraction of sp³-hybridized carbons (Fsp3) is 0.741. The number of ketones is 1. The van der Waals surface area contributed by atoms with Crippen LogP contribution in [0.4, 0.5) is 0 Å². The Kier molecular flexibility index (Phi) is 5.70. The zero-order chi connectivity index (χ0) is 23.5. The molecule has 1 amide bonds. The smallest absolute Gasteiger partial charge is 0.333 e. The summed E-state index contributed by atoms with van der Waals surface area (Å²) < 4.78 is 4.97. The Hall–Kier alpha value is -1.91. The van der Waals surface area contributed by atoms with E-state index >= 15 is 0 Å². The lowest BCUT2D eigenvalue weighted by molar-refractivity contribution is -0.137. The molecule has 0 aromatic heterocycles. The molecule has 6 atom stereocenters. The lowest BCUT2D eigenvalue weighted by atomic mass is 9.48.